The molecular formula is C16H32N2. The van der Waals surface area contributed by atoms with E-state index >= 15 is 0 Å². The summed E-state index contributed by atoms with van der Waals surface area (Å²) in [5.74, 6) is 1.86. The molecule has 18 heavy (non-hydrogen) atoms. The lowest BCUT2D eigenvalue weighted by atomic mass is 9.99. The highest BCUT2D eigenvalue weighted by Gasteiger charge is 2.30. The van der Waals surface area contributed by atoms with Crippen LogP contribution in [-0.4, -0.2) is 36.6 Å². The van der Waals surface area contributed by atoms with Gasteiger partial charge in [-0.25, -0.2) is 0 Å². The van der Waals surface area contributed by atoms with Crippen LogP contribution in [0.25, 0.3) is 0 Å². The number of hydrogen-bond donors (Lipinski definition) is 1. The fraction of sp³-hybridized carbons (Fsp3) is 1.00. The van der Waals surface area contributed by atoms with E-state index in [1.165, 1.54) is 58.2 Å². The topological polar surface area (TPSA) is 15.3 Å². The van der Waals surface area contributed by atoms with Crippen molar-refractivity contribution < 1.29 is 0 Å². The van der Waals surface area contributed by atoms with Gasteiger partial charge in [0.15, 0.2) is 0 Å². The monoisotopic (exact) mass is 252 g/mol. The molecule has 2 heteroatoms. The molecule has 2 nitrogen and oxygen atoms in total. The maximum atomic E-state index is 3.76. The van der Waals surface area contributed by atoms with E-state index in [0.717, 1.165) is 23.9 Å². The van der Waals surface area contributed by atoms with Crippen LogP contribution in [0.4, 0.5) is 0 Å². The molecule has 106 valence electrons. The molecule has 0 radical (unpaired) electrons. The second kappa shape index (κ2) is 6.91. The van der Waals surface area contributed by atoms with E-state index in [2.05, 4.69) is 31.0 Å². The van der Waals surface area contributed by atoms with Crippen LogP contribution in [0.1, 0.15) is 59.3 Å². The second-order valence-corrected chi connectivity index (χ2v) is 6.73. The summed E-state index contributed by atoms with van der Waals surface area (Å²) in [6, 6.07) is 1.64. The number of likely N-dealkylation sites (tertiary alicyclic amines) is 1. The fourth-order valence-corrected chi connectivity index (χ4v) is 4.01. The van der Waals surface area contributed by atoms with Gasteiger partial charge in [-0.2, -0.15) is 0 Å². The zero-order valence-electron chi connectivity index (χ0n) is 12.6. The van der Waals surface area contributed by atoms with E-state index < -0.39 is 0 Å². The third-order valence-corrected chi connectivity index (χ3v) is 5.02. The Morgan fingerprint density at radius 2 is 2.06 bits per heavy atom. The van der Waals surface area contributed by atoms with Crippen molar-refractivity contribution >= 4 is 0 Å². The molecule has 1 saturated carbocycles. The Balaban J connectivity index is 1.72. The normalized spacial score (nSPS) is 37.5. The summed E-state index contributed by atoms with van der Waals surface area (Å²) in [7, 11) is 0. The second-order valence-electron chi connectivity index (χ2n) is 6.73. The molecule has 1 N–H and O–H groups in total. The summed E-state index contributed by atoms with van der Waals surface area (Å²) in [6.45, 7) is 11.0. The average molecular weight is 252 g/mol. The lowest BCUT2D eigenvalue weighted by Gasteiger charge is -2.26. The molecule has 1 aliphatic carbocycles. The third-order valence-electron chi connectivity index (χ3n) is 5.02. The molecule has 4 atom stereocenters. The fourth-order valence-electron chi connectivity index (χ4n) is 4.01. The van der Waals surface area contributed by atoms with Gasteiger partial charge in [0.2, 0.25) is 0 Å². The smallest absolute Gasteiger partial charge is 0.00958 e. The molecular weight excluding hydrogens is 220 g/mol. The summed E-state index contributed by atoms with van der Waals surface area (Å²) >= 11 is 0. The van der Waals surface area contributed by atoms with E-state index in [9.17, 15) is 0 Å². The third kappa shape index (κ3) is 3.71. The van der Waals surface area contributed by atoms with Crippen LogP contribution in [0.5, 0.6) is 0 Å². The summed E-state index contributed by atoms with van der Waals surface area (Å²) in [6.07, 6.45) is 8.40. The van der Waals surface area contributed by atoms with Crippen molar-refractivity contribution in [1.29, 1.82) is 0 Å². The minimum Gasteiger partial charge on any atom is -0.314 e. The maximum absolute atomic E-state index is 3.76. The minimum absolute atomic E-state index is 0.820. The standard InChI is InChI=1S/C16H32N2/c1-4-9-17-16-7-5-6-15(16)8-10-18-12-13(2)11-14(18)3/h13-17H,4-12H2,1-3H3. The summed E-state index contributed by atoms with van der Waals surface area (Å²) in [4.78, 5) is 2.72. The van der Waals surface area contributed by atoms with Gasteiger partial charge in [0.25, 0.3) is 0 Å². The molecule has 1 saturated heterocycles. The quantitative estimate of drug-likeness (QED) is 0.780. The molecule has 0 aromatic heterocycles. The lowest BCUT2D eigenvalue weighted by molar-refractivity contribution is 0.233. The molecule has 0 spiro atoms. The first kappa shape index (κ1) is 14.3. The summed E-state index contributed by atoms with van der Waals surface area (Å²) in [5.41, 5.74) is 0. The molecule has 0 aromatic rings. The number of rotatable bonds is 6. The van der Waals surface area contributed by atoms with E-state index in [1.807, 2.05) is 0 Å². The highest BCUT2D eigenvalue weighted by atomic mass is 15.2. The largest absolute Gasteiger partial charge is 0.314 e. The van der Waals surface area contributed by atoms with Gasteiger partial charge in [0, 0.05) is 18.6 Å². The molecule has 1 aliphatic heterocycles. The van der Waals surface area contributed by atoms with Crippen LogP contribution in [0.3, 0.4) is 0 Å². The zero-order valence-corrected chi connectivity index (χ0v) is 12.6. The predicted octanol–water partition coefficient (Wildman–Crippen LogP) is 3.28. The predicted molar refractivity (Wildman–Crippen MR) is 78.9 cm³/mol. The summed E-state index contributed by atoms with van der Waals surface area (Å²) < 4.78 is 0. The lowest BCUT2D eigenvalue weighted by Crippen LogP contribution is -2.36. The maximum Gasteiger partial charge on any atom is 0.00958 e. The number of hydrogen-bond acceptors (Lipinski definition) is 2. The Morgan fingerprint density at radius 3 is 2.72 bits per heavy atom. The molecule has 0 bridgehead atoms. The molecule has 0 aromatic carbocycles. The SMILES string of the molecule is CCCNC1CCCC1CCN1CC(C)CC1C. The van der Waals surface area contributed by atoms with Gasteiger partial charge in [-0.1, -0.05) is 20.3 Å². The Morgan fingerprint density at radius 1 is 1.22 bits per heavy atom. The first-order valence-corrected chi connectivity index (χ1v) is 8.18. The van der Waals surface area contributed by atoms with Gasteiger partial charge in [0.1, 0.15) is 0 Å². The number of nitrogens with one attached hydrogen (secondary N) is 1. The van der Waals surface area contributed by atoms with E-state index in [1.54, 1.807) is 0 Å². The molecule has 2 rings (SSSR count). The summed E-state index contributed by atoms with van der Waals surface area (Å²) in [5, 5.41) is 3.76. The molecule has 4 unspecified atom stereocenters. The van der Waals surface area contributed by atoms with Gasteiger partial charge in [-0.3, -0.25) is 0 Å². The van der Waals surface area contributed by atoms with Crippen molar-refractivity contribution in [3.63, 3.8) is 0 Å². The highest BCUT2D eigenvalue weighted by Crippen LogP contribution is 2.30. The van der Waals surface area contributed by atoms with Crippen LogP contribution >= 0.6 is 0 Å². The van der Waals surface area contributed by atoms with Gasteiger partial charge in [-0.05, 0) is 64.0 Å². The molecule has 2 aliphatic rings. The van der Waals surface area contributed by atoms with Crippen LogP contribution in [0.2, 0.25) is 0 Å². The van der Waals surface area contributed by atoms with Gasteiger partial charge in [-0.15, -0.1) is 0 Å². The van der Waals surface area contributed by atoms with Crippen molar-refractivity contribution in [2.45, 2.75) is 71.4 Å². The van der Waals surface area contributed by atoms with Crippen LogP contribution in [0.15, 0.2) is 0 Å². The Bertz CT molecular complexity index is 241. The van der Waals surface area contributed by atoms with Gasteiger partial charge < -0.3 is 10.2 Å². The van der Waals surface area contributed by atoms with E-state index in [4.69, 9.17) is 0 Å². The zero-order chi connectivity index (χ0) is 13.0. The number of nitrogens with zero attached hydrogens (tertiary/aromatic N) is 1. The first-order chi connectivity index (χ1) is 8.70. The Labute approximate surface area is 114 Å². The Kier molecular flexibility index (Phi) is 5.50. The average Bonchev–Trinajstić information content (AvgIpc) is 2.90. The minimum atomic E-state index is 0.820. The van der Waals surface area contributed by atoms with Gasteiger partial charge in [0.05, 0.1) is 0 Å². The Hall–Kier alpha value is -0.0800. The van der Waals surface area contributed by atoms with Crippen molar-refractivity contribution in [3.05, 3.63) is 0 Å². The van der Waals surface area contributed by atoms with E-state index in [-0.39, 0.29) is 0 Å². The van der Waals surface area contributed by atoms with Crippen molar-refractivity contribution in [2.75, 3.05) is 19.6 Å². The van der Waals surface area contributed by atoms with Crippen molar-refractivity contribution in [2.24, 2.45) is 11.8 Å². The van der Waals surface area contributed by atoms with E-state index in [0.29, 0.717) is 0 Å². The molecule has 1 heterocycles. The first-order valence-electron chi connectivity index (χ1n) is 8.18. The van der Waals surface area contributed by atoms with Crippen LogP contribution in [-0.2, 0) is 0 Å². The van der Waals surface area contributed by atoms with Crippen molar-refractivity contribution in [3.8, 4) is 0 Å². The molecule has 2 fully saturated rings. The van der Waals surface area contributed by atoms with Crippen LogP contribution < -0.4 is 5.32 Å². The molecule has 0 amide bonds. The van der Waals surface area contributed by atoms with Crippen molar-refractivity contribution in [1.82, 2.24) is 10.2 Å². The highest BCUT2D eigenvalue weighted by molar-refractivity contribution is 4.86. The van der Waals surface area contributed by atoms with Crippen LogP contribution in [0, 0.1) is 11.8 Å². The van der Waals surface area contributed by atoms with Gasteiger partial charge >= 0.3 is 0 Å².